The maximum atomic E-state index is 13.6. The molecule has 1 fully saturated rings. The van der Waals surface area contributed by atoms with Crippen molar-refractivity contribution in [1.29, 1.82) is 0 Å². The number of fused-ring (bicyclic) bond motifs is 1. The fraction of sp³-hybridized carbons (Fsp3) is 0.211. The Morgan fingerprint density at radius 1 is 1.32 bits per heavy atom. The van der Waals surface area contributed by atoms with Gasteiger partial charge in [-0.05, 0) is 42.7 Å². The van der Waals surface area contributed by atoms with E-state index in [1.165, 1.54) is 22.8 Å². The van der Waals surface area contributed by atoms with Gasteiger partial charge in [0.2, 0.25) is 11.8 Å². The van der Waals surface area contributed by atoms with Gasteiger partial charge in [-0.1, -0.05) is 11.6 Å². The number of hydrogen-bond acceptors (Lipinski definition) is 7. The lowest BCUT2D eigenvalue weighted by molar-refractivity contribution is 0.454. The predicted molar refractivity (Wildman–Crippen MR) is 110 cm³/mol. The number of aromatic hydroxyl groups is 1. The summed E-state index contributed by atoms with van der Waals surface area (Å²) >= 11 is 5.92. The molecule has 3 heterocycles. The van der Waals surface area contributed by atoms with E-state index in [1.54, 1.807) is 12.1 Å². The summed E-state index contributed by atoms with van der Waals surface area (Å²) in [6.07, 6.45) is 5.04. The Morgan fingerprint density at radius 3 is 2.87 bits per heavy atom. The molecule has 1 aliphatic carbocycles. The Morgan fingerprint density at radius 2 is 2.16 bits per heavy atom. The first kappa shape index (κ1) is 19.2. The third-order valence-corrected chi connectivity index (χ3v) is 4.85. The highest BCUT2D eigenvalue weighted by atomic mass is 35.5. The minimum absolute atomic E-state index is 0.190. The SMILES string of the molecule is O=c1[nH]c(O)c(/C=c2\cnn3c(=NC4CC4)nc(NCc4cc(F)cc(Cl)c4)nc23)[nH]1. The van der Waals surface area contributed by atoms with Gasteiger partial charge in [-0.3, -0.25) is 4.98 Å². The number of benzene rings is 1. The van der Waals surface area contributed by atoms with Crippen LogP contribution in [-0.2, 0) is 6.54 Å². The molecule has 1 saturated carbocycles. The molecule has 4 aromatic rings. The molecule has 0 saturated heterocycles. The summed E-state index contributed by atoms with van der Waals surface area (Å²) in [6.45, 7) is 0.246. The van der Waals surface area contributed by atoms with Crippen molar-refractivity contribution < 1.29 is 9.50 Å². The third-order valence-electron chi connectivity index (χ3n) is 4.63. The van der Waals surface area contributed by atoms with Gasteiger partial charge in [0.25, 0.3) is 5.62 Å². The number of nitrogens with one attached hydrogen (secondary N) is 3. The zero-order valence-corrected chi connectivity index (χ0v) is 16.7. The number of nitrogens with zero attached hydrogens (tertiary/aromatic N) is 5. The van der Waals surface area contributed by atoms with Gasteiger partial charge in [0, 0.05) is 16.8 Å². The van der Waals surface area contributed by atoms with E-state index in [9.17, 15) is 14.3 Å². The Hall–Kier alpha value is -3.73. The van der Waals surface area contributed by atoms with Crippen LogP contribution in [0.25, 0.3) is 11.7 Å². The van der Waals surface area contributed by atoms with Gasteiger partial charge in [-0.2, -0.15) is 19.6 Å². The predicted octanol–water partition coefficient (Wildman–Crippen LogP) is 0.862. The average Bonchev–Trinajstić information content (AvgIpc) is 3.34. The molecule has 0 atom stereocenters. The molecule has 0 amide bonds. The number of imidazole rings is 1. The van der Waals surface area contributed by atoms with E-state index in [4.69, 9.17) is 11.6 Å². The zero-order chi connectivity index (χ0) is 21.5. The van der Waals surface area contributed by atoms with Crippen LogP contribution in [0.1, 0.15) is 24.1 Å². The molecular formula is C19H16ClFN8O2. The Kier molecular flexibility index (Phi) is 4.66. The molecule has 0 aliphatic heterocycles. The highest BCUT2D eigenvalue weighted by Gasteiger charge is 2.21. The fourth-order valence-electron chi connectivity index (χ4n) is 3.05. The van der Waals surface area contributed by atoms with E-state index >= 15 is 0 Å². The van der Waals surface area contributed by atoms with E-state index in [1.807, 2.05) is 0 Å². The van der Waals surface area contributed by atoms with Crippen LogP contribution in [0.5, 0.6) is 5.88 Å². The molecule has 5 rings (SSSR count). The van der Waals surface area contributed by atoms with Crippen molar-refractivity contribution in [1.82, 2.24) is 29.5 Å². The first-order valence-electron chi connectivity index (χ1n) is 9.46. The van der Waals surface area contributed by atoms with Gasteiger partial charge in [0.05, 0.1) is 12.2 Å². The molecule has 0 spiro atoms. The topological polar surface area (TPSA) is 136 Å². The van der Waals surface area contributed by atoms with Crippen LogP contribution in [-0.4, -0.2) is 40.7 Å². The van der Waals surface area contributed by atoms with Gasteiger partial charge in [0.1, 0.15) is 11.5 Å². The summed E-state index contributed by atoms with van der Waals surface area (Å²) in [7, 11) is 0. The second kappa shape index (κ2) is 7.51. The molecule has 10 nitrogen and oxygen atoms in total. The number of halogens is 2. The molecule has 1 aliphatic rings. The van der Waals surface area contributed by atoms with Gasteiger partial charge in [-0.15, -0.1) is 0 Å². The van der Waals surface area contributed by atoms with Gasteiger partial charge >= 0.3 is 5.69 Å². The molecule has 0 unspecified atom stereocenters. The van der Waals surface area contributed by atoms with E-state index in [0.29, 0.717) is 27.1 Å². The second-order valence-electron chi connectivity index (χ2n) is 7.16. The Bertz CT molecular complexity index is 1450. The highest BCUT2D eigenvalue weighted by molar-refractivity contribution is 6.30. The fourth-order valence-corrected chi connectivity index (χ4v) is 3.30. The monoisotopic (exact) mass is 442 g/mol. The van der Waals surface area contributed by atoms with Crippen LogP contribution < -0.4 is 21.8 Å². The molecule has 158 valence electrons. The van der Waals surface area contributed by atoms with Crippen molar-refractivity contribution >= 4 is 29.3 Å². The van der Waals surface area contributed by atoms with E-state index in [-0.39, 0.29) is 30.1 Å². The normalized spacial score (nSPS) is 15.2. The quantitative estimate of drug-likeness (QED) is 0.362. The maximum absolute atomic E-state index is 13.6. The largest absolute Gasteiger partial charge is 0.493 e. The van der Waals surface area contributed by atoms with Crippen LogP contribution >= 0.6 is 11.6 Å². The van der Waals surface area contributed by atoms with Crippen LogP contribution in [0.3, 0.4) is 0 Å². The van der Waals surface area contributed by atoms with Crippen LogP contribution in [0, 0.1) is 5.82 Å². The van der Waals surface area contributed by atoms with Gasteiger partial charge in [0.15, 0.2) is 5.65 Å². The van der Waals surface area contributed by atoms with Crippen molar-refractivity contribution in [3.05, 3.63) is 67.8 Å². The minimum atomic E-state index is -0.532. The first-order chi connectivity index (χ1) is 14.9. The summed E-state index contributed by atoms with van der Waals surface area (Å²) < 4.78 is 15.1. The molecule has 3 aromatic heterocycles. The number of rotatable bonds is 5. The lowest BCUT2D eigenvalue weighted by Crippen LogP contribution is -2.24. The van der Waals surface area contributed by atoms with Gasteiger partial charge < -0.3 is 15.4 Å². The van der Waals surface area contributed by atoms with Crippen molar-refractivity contribution in [3.63, 3.8) is 0 Å². The number of H-pyrrole nitrogens is 2. The summed E-state index contributed by atoms with van der Waals surface area (Å²) in [5, 5.41) is 18.0. The third kappa shape index (κ3) is 4.12. The van der Waals surface area contributed by atoms with Crippen molar-refractivity contribution in [2.24, 2.45) is 4.99 Å². The molecule has 0 radical (unpaired) electrons. The zero-order valence-electron chi connectivity index (χ0n) is 15.9. The van der Waals surface area contributed by atoms with Crippen LogP contribution in [0.15, 0.2) is 34.2 Å². The number of anilines is 1. The summed E-state index contributed by atoms with van der Waals surface area (Å²) in [5.41, 5.74) is 1.09. The van der Waals surface area contributed by atoms with Crippen molar-refractivity contribution in [2.75, 3.05) is 5.32 Å². The molecular weight excluding hydrogens is 427 g/mol. The van der Waals surface area contributed by atoms with Crippen molar-refractivity contribution in [2.45, 2.75) is 25.4 Å². The molecule has 0 bridgehead atoms. The molecule has 4 N–H and O–H groups in total. The molecule has 31 heavy (non-hydrogen) atoms. The number of hydrogen-bond donors (Lipinski definition) is 4. The number of aromatic amines is 2. The highest BCUT2D eigenvalue weighted by Crippen LogP contribution is 2.22. The maximum Gasteiger partial charge on any atom is 0.326 e. The summed E-state index contributed by atoms with van der Waals surface area (Å²) in [4.78, 5) is 29.7. The Balaban J connectivity index is 1.58. The average molecular weight is 443 g/mol. The molecule has 1 aromatic carbocycles. The first-order valence-corrected chi connectivity index (χ1v) is 9.84. The summed E-state index contributed by atoms with van der Waals surface area (Å²) in [6, 6.07) is 4.44. The number of aromatic nitrogens is 6. The van der Waals surface area contributed by atoms with E-state index in [2.05, 4.69) is 35.3 Å². The van der Waals surface area contributed by atoms with Crippen LogP contribution in [0.4, 0.5) is 10.3 Å². The smallest absolute Gasteiger partial charge is 0.326 e. The van der Waals surface area contributed by atoms with Crippen molar-refractivity contribution in [3.8, 4) is 5.88 Å². The molecule has 12 heteroatoms. The standard InChI is InChI=1S/C19H16ClFN8O2/c20-11-3-9(4-12(21)6-11)7-22-17-26-15-10(5-14-16(30)27-19(31)25-14)8-23-29(15)18(28-17)24-13-1-2-13/h3-6,8,13,30H,1-2,7H2,(H,22,24,28)(H2,25,27,31)/b10-5+. The van der Waals surface area contributed by atoms with Crippen LogP contribution in [0.2, 0.25) is 5.02 Å². The lowest BCUT2D eigenvalue weighted by Gasteiger charge is -2.06. The van der Waals surface area contributed by atoms with E-state index in [0.717, 1.165) is 12.8 Å². The van der Waals surface area contributed by atoms with E-state index < -0.39 is 11.5 Å². The Labute approximate surface area is 178 Å². The second-order valence-corrected chi connectivity index (χ2v) is 7.60. The summed E-state index contributed by atoms with van der Waals surface area (Å²) in [5.74, 6) is -0.449. The lowest BCUT2D eigenvalue weighted by atomic mass is 10.2. The minimum Gasteiger partial charge on any atom is -0.493 e. The van der Waals surface area contributed by atoms with Gasteiger partial charge in [-0.25, -0.2) is 14.2 Å².